The first-order valence-electron chi connectivity index (χ1n) is 9.68. The zero-order chi connectivity index (χ0) is 20.9. The van der Waals surface area contributed by atoms with E-state index in [0.717, 1.165) is 33.4 Å². The molecule has 2 aromatic heterocycles. The van der Waals surface area contributed by atoms with Gasteiger partial charge in [-0.25, -0.2) is 4.98 Å². The first-order chi connectivity index (χ1) is 14.6. The fourth-order valence-electron chi connectivity index (χ4n) is 3.08. The Labute approximate surface area is 179 Å². The van der Waals surface area contributed by atoms with E-state index in [1.54, 1.807) is 7.11 Å². The second-order valence-electron chi connectivity index (χ2n) is 6.92. The molecule has 0 radical (unpaired) electrons. The average Bonchev–Trinajstić information content (AvgIpc) is 3.34. The summed E-state index contributed by atoms with van der Waals surface area (Å²) < 4.78 is 12.8. The normalized spacial score (nSPS) is 10.9. The Morgan fingerprint density at radius 3 is 2.57 bits per heavy atom. The summed E-state index contributed by atoms with van der Waals surface area (Å²) in [5.74, 6) is 1.57. The second-order valence-corrected chi connectivity index (χ2v) is 7.76. The van der Waals surface area contributed by atoms with Crippen molar-refractivity contribution in [2.45, 2.75) is 13.3 Å². The van der Waals surface area contributed by atoms with Gasteiger partial charge in [0, 0.05) is 22.8 Å². The number of hydrogen-bond donors (Lipinski definition) is 1. The number of amides is 1. The minimum absolute atomic E-state index is 0.0399. The largest absolute Gasteiger partial charge is 0.497 e. The topological polar surface area (TPSA) is 64.9 Å². The third-order valence-corrected chi connectivity index (χ3v) is 5.61. The van der Waals surface area contributed by atoms with Gasteiger partial charge in [0.2, 0.25) is 5.91 Å². The summed E-state index contributed by atoms with van der Waals surface area (Å²) in [6, 6.07) is 15.6. The Kier molecular flexibility index (Phi) is 5.99. The molecule has 4 rings (SSSR count). The van der Waals surface area contributed by atoms with Crippen molar-refractivity contribution >= 4 is 22.2 Å². The van der Waals surface area contributed by atoms with E-state index in [4.69, 9.17) is 9.47 Å². The molecule has 0 spiro atoms. The van der Waals surface area contributed by atoms with Crippen LogP contribution >= 0.6 is 11.3 Å². The molecule has 7 heteroatoms. The summed E-state index contributed by atoms with van der Waals surface area (Å²) in [6.07, 6.45) is 2.26. The van der Waals surface area contributed by atoms with Crippen LogP contribution in [0, 0.1) is 6.92 Å². The number of aryl methyl sites for hydroxylation is 1. The molecule has 0 aliphatic rings. The highest BCUT2D eigenvalue weighted by Gasteiger charge is 2.12. The molecular formula is C23H23N3O3S. The standard InChI is InChI=1S/C23H23N3O3S/c1-16-3-7-20(8-4-16)29-12-11-24-22(27)13-18-15-30-23-25-21(14-26(18)23)17-5-9-19(28-2)10-6-17/h3-10,14-15H,11-13H2,1-2H3,(H,24,27). The van der Waals surface area contributed by atoms with Crippen molar-refractivity contribution in [3.8, 4) is 22.8 Å². The summed E-state index contributed by atoms with van der Waals surface area (Å²) in [5.41, 5.74) is 3.99. The Hall–Kier alpha value is -3.32. The van der Waals surface area contributed by atoms with Gasteiger partial charge in [-0.05, 0) is 43.3 Å². The quantitative estimate of drug-likeness (QED) is 0.435. The molecule has 1 N–H and O–H groups in total. The summed E-state index contributed by atoms with van der Waals surface area (Å²) in [5, 5.41) is 4.89. The van der Waals surface area contributed by atoms with Crippen LogP contribution < -0.4 is 14.8 Å². The maximum Gasteiger partial charge on any atom is 0.226 e. The van der Waals surface area contributed by atoms with Crippen LogP contribution in [0.1, 0.15) is 11.3 Å². The molecule has 4 aromatic rings. The van der Waals surface area contributed by atoms with E-state index in [0.29, 0.717) is 19.6 Å². The Morgan fingerprint density at radius 1 is 1.10 bits per heavy atom. The van der Waals surface area contributed by atoms with Gasteiger partial charge in [-0.1, -0.05) is 17.7 Å². The molecule has 0 aliphatic heterocycles. The van der Waals surface area contributed by atoms with Crippen molar-refractivity contribution in [3.63, 3.8) is 0 Å². The molecule has 0 saturated heterocycles. The van der Waals surface area contributed by atoms with Crippen molar-refractivity contribution in [2.24, 2.45) is 0 Å². The lowest BCUT2D eigenvalue weighted by Crippen LogP contribution is -2.29. The van der Waals surface area contributed by atoms with E-state index in [1.165, 1.54) is 16.9 Å². The van der Waals surface area contributed by atoms with Gasteiger partial charge in [0.1, 0.15) is 18.1 Å². The van der Waals surface area contributed by atoms with Crippen molar-refractivity contribution in [1.82, 2.24) is 14.7 Å². The zero-order valence-corrected chi connectivity index (χ0v) is 17.7. The number of benzene rings is 2. The number of carbonyl (C=O) groups excluding carboxylic acids is 1. The van der Waals surface area contributed by atoms with Crippen LogP contribution in [0.15, 0.2) is 60.1 Å². The summed E-state index contributed by atoms with van der Waals surface area (Å²) in [4.78, 5) is 17.9. The van der Waals surface area contributed by atoms with E-state index in [1.807, 2.05) is 71.4 Å². The lowest BCUT2D eigenvalue weighted by atomic mass is 10.2. The molecule has 0 atom stereocenters. The Morgan fingerprint density at radius 2 is 1.83 bits per heavy atom. The van der Waals surface area contributed by atoms with E-state index >= 15 is 0 Å². The van der Waals surface area contributed by atoms with Crippen molar-refractivity contribution in [2.75, 3.05) is 20.3 Å². The molecule has 0 saturated carbocycles. The highest BCUT2D eigenvalue weighted by Crippen LogP contribution is 2.25. The minimum Gasteiger partial charge on any atom is -0.497 e. The number of aromatic nitrogens is 2. The number of fused-ring (bicyclic) bond motifs is 1. The Bertz CT molecular complexity index is 1130. The highest BCUT2D eigenvalue weighted by molar-refractivity contribution is 7.15. The van der Waals surface area contributed by atoms with Crippen LogP contribution in [0.2, 0.25) is 0 Å². The fourth-order valence-corrected chi connectivity index (χ4v) is 3.95. The smallest absolute Gasteiger partial charge is 0.226 e. The average molecular weight is 422 g/mol. The van der Waals surface area contributed by atoms with E-state index < -0.39 is 0 Å². The number of hydrogen-bond acceptors (Lipinski definition) is 5. The predicted octanol–water partition coefficient (Wildman–Crippen LogP) is 4.12. The van der Waals surface area contributed by atoms with Crippen LogP contribution in [-0.2, 0) is 11.2 Å². The van der Waals surface area contributed by atoms with Gasteiger partial charge in [0.25, 0.3) is 0 Å². The summed E-state index contributed by atoms with van der Waals surface area (Å²) in [7, 11) is 1.65. The van der Waals surface area contributed by atoms with Crippen LogP contribution in [0.25, 0.3) is 16.2 Å². The predicted molar refractivity (Wildman–Crippen MR) is 118 cm³/mol. The summed E-state index contributed by atoms with van der Waals surface area (Å²) in [6.45, 7) is 2.92. The Balaban J connectivity index is 1.33. The van der Waals surface area contributed by atoms with Gasteiger partial charge in [0.15, 0.2) is 4.96 Å². The molecule has 6 nitrogen and oxygen atoms in total. The van der Waals surface area contributed by atoms with Crippen LogP contribution in [0.5, 0.6) is 11.5 Å². The number of imidazole rings is 1. The lowest BCUT2D eigenvalue weighted by Gasteiger charge is -2.08. The number of nitrogens with one attached hydrogen (secondary N) is 1. The molecule has 0 bridgehead atoms. The van der Waals surface area contributed by atoms with E-state index in [2.05, 4.69) is 10.3 Å². The fraction of sp³-hybridized carbons (Fsp3) is 0.217. The molecule has 1 amide bonds. The maximum atomic E-state index is 12.3. The van der Waals surface area contributed by atoms with E-state index in [9.17, 15) is 4.79 Å². The first kappa shape index (κ1) is 20.0. The minimum atomic E-state index is -0.0399. The monoisotopic (exact) mass is 421 g/mol. The van der Waals surface area contributed by atoms with Gasteiger partial charge < -0.3 is 14.8 Å². The molecule has 2 aromatic carbocycles. The molecule has 0 aliphatic carbocycles. The van der Waals surface area contributed by atoms with Crippen LogP contribution in [0.4, 0.5) is 0 Å². The highest BCUT2D eigenvalue weighted by atomic mass is 32.1. The number of ether oxygens (including phenoxy) is 2. The third-order valence-electron chi connectivity index (χ3n) is 4.72. The van der Waals surface area contributed by atoms with Crippen molar-refractivity contribution in [1.29, 1.82) is 0 Å². The zero-order valence-electron chi connectivity index (χ0n) is 16.9. The number of nitrogens with zero attached hydrogens (tertiary/aromatic N) is 2. The molecule has 0 fully saturated rings. The van der Waals surface area contributed by atoms with Crippen molar-refractivity contribution in [3.05, 3.63) is 71.4 Å². The van der Waals surface area contributed by atoms with Gasteiger partial charge in [-0.15, -0.1) is 11.3 Å². The van der Waals surface area contributed by atoms with Crippen LogP contribution in [-0.4, -0.2) is 35.6 Å². The number of methoxy groups -OCH3 is 1. The molecule has 154 valence electrons. The molecule has 30 heavy (non-hydrogen) atoms. The van der Waals surface area contributed by atoms with Gasteiger partial charge in [0.05, 0.1) is 25.8 Å². The van der Waals surface area contributed by atoms with Crippen molar-refractivity contribution < 1.29 is 14.3 Å². The van der Waals surface area contributed by atoms with E-state index in [-0.39, 0.29) is 5.91 Å². The maximum absolute atomic E-state index is 12.3. The van der Waals surface area contributed by atoms with Crippen LogP contribution in [0.3, 0.4) is 0 Å². The van der Waals surface area contributed by atoms with Gasteiger partial charge >= 0.3 is 0 Å². The molecular weight excluding hydrogens is 398 g/mol. The second kappa shape index (κ2) is 9.00. The third kappa shape index (κ3) is 4.63. The molecule has 0 unspecified atom stereocenters. The summed E-state index contributed by atoms with van der Waals surface area (Å²) >= 11 is 1.53. The van der Waals surface area contributed by atoms with Gasteiger partial charge in [-0.3, -0.25) is 9.20 Å². The number of thiazole rings is 1. The molecule has 2 heterocycles. The number of carbonyl (C=O) groups is 1. The first-order valence-corrected chi connectivity index (χ1v) is 10.6. The van der Waals surface area contributed by atoms with Gasteiger partial charge in [-0.2, -0.15) is 0 Å². The lowest BCUT2D eigenvalue weighted by molar-refractivity contribution is -0.120. The number of rotatable bonds is 8. The SMILES string of the molecule is COc1ccc(-c2cn3c(CC(=O)NCCOc4ccc(C)cc4)csc3n2)cc1.